The summed E-state index contributed by atoms with van der Waals surface area (Å²) in [6, 6.07) is -2.97. The van der Waals surface area contributed by atoms with Gasteiger partial charge in [-0.25, -0.2) is 0 Å². The van der Waals surface area contributed by atoms with E-state index in [4.69, 9.17) is 14.2 Å². The Labute approximate surface area is 319 Å². The van der Waals surface area contributed by atoms with E-state index in [2.05, 4.69) is 12.2 Å². The van der Waals surface area contributed by atoms with Gasteiger partial charge in [0.2, 0.25) is 0 Å². The molecule has 0 spiro atoms. The maximum Gasteiger partial charge on any atom is 0.403 e. The van der Waals surface area contributed by atoms with Crippen molar-refractivity contribution in [3.63, 3.8) is 0 Å². The van der Waals surface area contributed by atoms with Gasteiger partial charge in [-0.1, -0.05) is 148 Å². The normalized spacial score (nSPS) is 24.7. The van der Waals surface area contributed by atoms with Crippen molar-refractivity contribution in [1.29, 1.82) is 0 Å². The summed E-state index contributed by atoms with van der Waals surface area (Å²) in [4.78, 5) is 0. The Morgan fingerprint density at radius 2 is 1.17 bits per heavy atom. The fourth-order valence-electron chi connectivity index (χ4n) is 7.72. The minimum Gasteiger partial charge on any atom is -0.394 e. The van der Waals surface area contributed by atoms with Crippen LogP contribution in [0.4, 0.5) is 13.2 Å². The zero-order chi connectivity index (χ0) is 38.7. The summed E-state index contributed by atoms with van der Waals surface area (Å²) in [6.45, 7) is 2.91. The van der Waals surface area contributed by atoms with Crippen molar-refractivity contribution >= 4 is 0 Å². The van der Waals surface area contributed by atoms with Crippen molar-refractivity contribution in [3.8, 4) is 0 Å². The van der Waals surface area contributed by atoms with Crippen LogP contribution in [0.1, 0.15) is 174 Å². The van der Waals surface area contributed by atoms with Crippen LogP contribution in [0.3, 0.4) is 0 Å². The average molecular weight is 770 g/mol. The van der Waals surface area contributed by atoms with E-state index in [1.54, 1.807) is 0 Å². The van der Waals surface area contributed by atoms with Crippen LogP contribution in [0.2, 0.25) is 0 Å². The first-order chi connectivity index (χ1) is 25.6. The second-order valence-electron chi connectivity index (χ2n) is 16.0. The molecule has 12 heteroatoms. The van der Waals surface area contributed by atoms with Crippen LogP contribution in [-0.2, 0) is 14.2 Å². The van der Waals surface area contributed by atoms with Crippen LogP contribution < -0.4 is 5.32 Å². The lowest BCUT2D eigenvalue weighted by Crippen LogP contribution is -2.60. The van der Waals surface area contributed by atoms with Crippen molar-refractivity contribution < 1.29 is 52.9 Å². The molecule has 9 nitrogen and oxygen atoms in total. The SMILES string of the molecule is CCCCCCCCCCCCCCC[C@@H](O)[C@H](COC1OC(CO)C(O)C(O)C1O)NC(CCCCCCCCCCC1CCOCC1)C(F)(F)F. The quantitative estimate of drug-likeness (QED) is 0.0378. The Balaban J connectivity index is 1.79. The predicted octanol–water partition coefficient (Wildman–Crippen LogP) is 7.86. The van der Waals surface area contributed by atoms with E-state index in [1.165, 1.54) is 77.0 Å². The number of halogens is 3. The fraction of sp³-hybridized carbons (Fsp3) is 1.00. The number of hydrogen-bond acceptors (Lipinski definition) is 9. The highest BCUT2D eigenvalue weighted by Gasteiger charge is 2.45. The summed E-state index contributed by atoms with van der Waals surface area (Å²) in [5.74, 6) is 0.790. The smallest absolute Gasteiger partial charge is 0.394 e. The molecule has 6 N–H and O–H groups in total. The first-order valence-electron chi connectivity index (χ1n) is 21.6. The molecule has 2 aliphatic rings. The Kier molecular flexibility index (Phi) is 27.2. The zero-order valence-corrected chi connectivity index (χ0v) is 33.0. The summed E-state index contributed by atoms with van der Waals surface area (Å²) in [5, 5.41) is 54.0. The molecule has 53 heavy (non-hydrogen) atoms. The molecule has 0 radical (unpaired) electrons. The number of unbranched alkanes of at least 4 members (excludes halogenated alkanes) is 19. The van der Waals surface area contributed by atoms with Crippen molar-refractivity contribution in [2.75, 3.05) is 26.4 Å². The van der Waals surface area contributed by atoms with Gasteiger partial charge in [0.15, 0.2) is 6.29 Å². The van der Waals surface area contributed by atoms with Gasteiger partial charge >= 0.3 is 6.18 Å². The number of ether oxygens (including phenoxy) is 3. The van der Waals surface area contributed by atoms with E-state index in [9.17, 15) is 38.7 Å². The monoisotopic (exact) mass is 770 g/mol. The van der Waals surface area contributed by atoms with Gasteiger partial charge in [0.25, 0.3) is 0 Å². The third kappa shape index (κ3) is 21.5. The molecule has 8 atom stereocenters. The average Bonchev–Trinajstić information content (AvgIpc) is 3.14. The molecule has 0 aromatic heterocycles. The maximum atomic E-state index is 14.3. The molecule has 316 valence electrons. The first-order valence-corrected chi connectivity index (χ1v) is 21.6. The predicted molar refractivity (Wildman–Crippen MR) is 203 cm³/mol. The Bertz CT molecular complexity index is 851. The number of hydrogen-bond donors (Lipinski definition) is 6. The van der Waals surface area contributed by atoms with Crippen LogP contribution in [0.5, 0.6) is 0 Å². The topological polar surface area (TPSA) is 141 Å². The largest absolute Gasteiger partial charge is 0.403 e. The molecule has 0 aliphatic carbocycles. The molecule has 6 unspecified atom stereocenters. The van der Waals surface area contributed by atoms with E-state index in [1.807, 2.05) is 0 Å². The number of nitrogens with one attached hydrogen (secondary N) is 1. The van der Waals surface area contributed by atoms with Crippen LogP contribution >= 0.6 is 0 Å². The van der Waals surface area contributed by atoms with E-state index in [-0.39, 0.29) is 12.8 Å². The minimum absolute atomic E-state index is 0.128. The van der Waals surface area contributed by atoms with Crippen molar-refractivity contribution in [3.05, 3.63) is 0 Å². The zero-order valence-electron chi connectivity index (χ0n) is 33.0. The first kappa shape index (κ1) is 48.6. The lowest BCUT2D eigenvalue weighted by atomic mass is 9.93. The molecule has 0 aromatic rings. The van der Waals surface area contributed by atoms with Crippen molar-refractivity contribution in [2.24, 2.45) is 5.92 Å². The Morgan fingerprint density at radius 1 is 0.679 bits per heavy atom. The Hall–Kier alpha value is -0.570. The molecule has 2 heterocycles. The molecule has 2 rings (SSSR count). The van der Waals surface area contributed by atoms with Gasteiger partial charge < -0.3 is 39.7 Å². The summed E-state index contributed by atoms with van der Waals surface area (Å²) in [7, 11) is 0. The van der Waals surface area contributed by atoms with Gasteiger partial charge in [0, 0.05) is 13.2 Å². The highest BCUT2D eigenvalue weighted by molar-refractivity contribution is 4.90. The molecular formula is C41H78F3NO8. The molecule has 0 aromatic carbocycles. The number of alkyl halides is 3. The third-order valence-electron chi connectivity index (χ3n) is 11.4. The van der Waals surface area contributed by atoms with Gasteiger partial charge in [-0.3, -0.25) is 5.32 Å². The lowest BCUT2D eigenvalue weighted by molar-refractivity contribution is -0.303. The van der Waals surface area contributed by atoms with E-state index >= 15 is 0 Å². The highest BCUT2D eigenvalue weighted by atomic mass is 19.4. The highest BCUT2D eigenvalue weighted by Crippen LogP contribution is 2.28. The second kappa shape index (κ2) is 29.6. The van der Waals surface area contributed by atoms with Crippen LogP contribution in [0.15, 0.2) is 0 Å². The fourth-order valence-corrected chi connectivity index (χ4v) is 7.72. The van der Waals surface area contributed by atoms with E-state index in [0.717, 1.165) is 76.9 Å². The summed E-state index contributed by atoms with van der Waals surface area (Å²) in [5.41, 5.74) is 0. The van der Waals surface area contributed by atoms with Crippen LogP contribution in [0.25, 0.3) is 0 Å². The van der Waals surface area contributed by atoms with Gasteiger partial charge in [-0.05, 0) is 31.6 Å². The number of rotatable bonds is 32. The molecule has 2 saturated heterocycles. The van der Waals surface area contributed by atoms with Gasteiger partial charge in [0.1, 0.15) is 30.5 Å². The molecule has 2 fully saturated rings. The van der Waals surface area contributed by atoms with E-state index < -0.39 is 68.3 Å². The maximum absolute atomic E-state index is 14.3. The van der Waals surface area contributed by atoms with Crippen molar-refractivity contribution in [1.82, 2.24) is 5.32 Å². The minimum atomic E-state index is -4.54. The molecule has 0 amide bonds. The van der Waals surface area contributed by atoms with Crippen molar-refractivity contribution in [2.45, 2.75) is 229 Å². The van der Waals surface area contributed by atoms with E-state index in [0.29, 0.717) is 19.3 Å². The van der Waals surface area contributed by atoms with Crippen LogP contribution in [0, 0.1) is 5.92 Å². The van der Waals surface area contributed by atoms with Gasteiger partial charge in [-0.15, -0.1) is 0 Å². The Morgan fingerprint density at radius 3 is 1.68 bits per heavy atom. The standard InChI is InChI=1S/C41H78F3NO8/c1-2-3-4-5-6-7-8-9-10-11-15-18-21-24-34(47)33(31-52-40-39(50)38(49)37(48)35(30-46)53-40)45-36(41(42,43)44)25-22-19-16-13-12-14-17-20-23-32-26-28-51-29-27-32/h32-40,45-50H,2-31H2,1H3/t33-,34+,35?,36?,37?,38?,39?,40?/m0/s1. The summed E-state index contributed by atoms with van der Waals surface area (Å²) in [6.07, 6.45) is 13.2. The van der Waals surface area contributed by atoms with Gasteiger partial charge in [-0.2, -0.15) is 13.2 Å². The molecule has 2 aliphatic heterocycles. The molecule has 0 bridgehead atoms. The summed E-state index contributed by atoms with van der Waals surface area (Å²) < 4.78 is 59.4. The summed E-state index contributed by atoms with van der Waals surface area (Å²) >= 11 is 0. The van der Waals surface area contributed by atoms with Gasteiger partial charge in [0.05, 0.1) is 25.4 Å². The number of aliphatic hydroxyl groups excluding tert-OH is 5. The second-order valence-corrected chi connectivity index (χ2v) is 16.0. The third-order valence-corrected chi connectivity index (χ3v) is 11.4. The molecule has 0 saturated carbocycles. The van der Waals surface area contributed by atoms with Crippen LogP contribution in [-0.4, -0.2) is 107 Å². The lowest BCUT2D eigenvalue weighted by Gasteiger charge is -2.40. The number of aliphatic hydroxyl groups is 5. The molecular weight excluding hydrogens is 691 g/mol.